The maximum atomic E-state index is 13.4. The van der Waals surface area contributed by atoms with Crippen molar-refractivity contribution in [2.45, 2.75) is 24.3 Å². The van der Waals surface area contributed by atoms with Crippen LogP contribution in [0.25, 0.3) is 0 Å². The minimum absolute atomic E-state index is 0.0731. The second-order valence-electron chi connectivity index (χ2n) is 6.86. The molecule has 3 aromatic rings. The third-order valence-electron chi connectivity index (χ3n) is 4.75. The second kappa shape index (κ2) is 10.2. The van der Waals surface area contributed by atoms with E-state index in [1.165, 1.54) is 30.3 Å². The van der Waals surface area contributed by atoms with E-state index in [4.69, 9.17) is 23.2 Å². The predicted octanol–water partition coefficient (Wildman–Crippen LogP) is 5.46. The fourth-order valence-corrected chi connectivity index (χ4v) is 4.88. The third-order valence-corrected chi connectivity index (χ3v) is 7.28. The van der Waals surface area contributed by atoms with Crippen molar-refractivity contribution in [3.8, 4) is 0 Å². The Balaban J connectivity index is 1.93. The van der Waals surface area contributed by atoms with E-state index in [0.717, 1.165) is 9.87 Å². The maximum Gasteiger partial charge on any atom is 0.264 e. The van der Waals surface area contributed by atoms with Crippen LogP contribution in [0.15, 0.2) is 83.8 Å². The van der Waals surface area contributed by atoms with E-state index in [9.17, 15) is 13.2 Å². The van der Waals surface area contributed by atoms with Gasteiger partial charge in [-0.2, -0.15) is 0 Å². The smallest absolute Gasteiger partial charge is 0.264 e. The van der Waals surface area contributed by atoms with Crippen LogP contribution in [0.1, 0.15) is 24.9 Å². The van der Waals surface area contributed by atoms with Crippen LogP contribution in [0.3, 0.4) is 0 Å². The summed E-state index contributed by atoms with van der Waals surface area (Å²) in [7, 11) is -4.02. The number of nitrogens with one attached hydrogen (secondary N) is 1. The van der Waals surface area contributed by atoms with Crippen LogP contribution >= 0.6 is 23.2 Å². The van der Waals surface area contributed by atoms with Crippen LogP contribution < -0.4 is 9.62 Å². The summed E-state index contributed by atoms with van der Waals surface area (Å²) < 4.78 is 27.8. The molecule has 31 heavy (non-hydrogen) atoms. The number of nitrogens with zero attached hydrogens (tertiary/aromatic N) is 1. The van der Waals surface area contributed by atoms with Gasteiger partial charge < -0.3 is 5.32 Å². The maximum absolute atomic E-state index is 13.4. The molecule has 0 heterocycles. The van der Waals surface area contributed by atoms with E-state index in [1.54, 1.807) is 18.2 Å². The molecule has 0 saturated heterocycles. The van der Waals surface area contributed by atoms with Gasteiger partial charge in [-0.05, 0) is 42.3 Å². The van der Waals surface area contributed by atoms with E-state index in [2.05, 4.69) is 5.32 Å². The number of carbonyl (C=O) groups is 1. The molecule has 0 aliphatic carbocycles. The molecule has 0 radical (unpaired) electrons. The van der Waals surface area contributed by atoms with Gasteiger partial charge >= 0.3 is 0 Å². The number of hydrogen-bond donors (Lipinski definition) is 1. The number of carbonyl (C=O) groups excluding carboxylic acids is 1. The molecule has 1 atom stereocenters. The van der Waals surface area contributed by atoms with Crippen molar-refractivity contribution in [2.75, 3.05) is 10.8 Å². The predicted molar refractivity (Wildman–Crippen MR) is 125 cm³/mol. The first-order valence-corrected chi connectivity index (χ1v) is 11.9. The Bertz CT molecular complexity index is 1140. The summed E-state index contributed by atoms with van der Waals surface area (Å²) in [4.78, 5) is 13.0. The van der Waals surface area contributed by atoms with Gasteiger partial charge in [-0.15, -0.1) is 0 Å². The van der Waals surface area contributed by atoms with Crippen molar-refractivity contribution in [2.24, 2.45) is 0 Å². The first-order valence-electron chi connectivity index (χ1n) is 9.70. The number of anilines is 1. The Morgan fingerprint density at radius 3 is 2.13 bits per heavy atom. The first-order chi connectivity index (χ1) is 14.8. The van der Waals surface area contributed by atoms with Crippen molar-refractivity contribution in [3.05, 3.63) is 94.5 Å². The highest BCUT2D eigenvalue weighted by Crippen LogP contribution is 2.30. The lowest BCUT2D eigenvalue weighted by Gasteiger charge is -2.26. The second-order valence-corrected chi connectivity index (χ2v) is 9.54. The van der Waals surface area contributed by atoms with E-state index >= 15 is 0 Å². The van der Waals surface area contributed by atoms with Gasteiger partial charge in [0, 0.05) is 0 Å². The van der Waals surface area contributed by atoms with Gasteiger partial charge in [0.2, 0.25) is 5.91 Å². The monoisotopic (exact) mass is 476 g/mol. The van der Waals surface area contributed by atoms with E-state index in [0.29, 0.717) is 11.4 Å². The normalized spacial score (nSPS) is 12.2. The minimum Gasteiger partial charge on any atom is -0.348 e. The Kier molecular flexibility index (Phi) is 7.59. The largest absolute Gasteiger partial charge is 0.348 e. The molecule has 3 rings (SSSR count). The molecule has 1 N–H and O–H groups in total. The highest BCUT2D eigenvalue weighted by molar-refractivity contribution is 7.92. The van der Waals surface area contributed by atoms with Gasteiger partial charge in [-0.1, -0.05) is 78.7 Å². The lowest BCUT2D eigenvalue weighted by molar-refractivity contribution is -0.120. The average Bonchev–Trinajstić information content (AvgIpc) is 2.79. The lowest BCUT2D eigenvalue weighted by Crippen LogP contribution is -2.42. The molecule has 0 spiro atoms. The van der Waals surface area contributed by atoms with Crippen molar-refractivity contribution >= 4 is 44.8 Å². The molecule has 5 nitrogen and oxygen atoms in total. The summed E-state index contributed by atoms with van der Waals surface area (Å²) in [6.07, 6.45) is 0.661. The van der Waals surface area contributed by atoms with Crippen LogP contribution in [-0.2, 0) is 14.8 Å². The highest BCUT2D eigenvalue weighted by atomic mass is 35.5. The van der Waals surface area contributed by atoms with Gasteiger partial charge in [0.15, 0.2) is 0 Å². The molecule has 0 unspecified atom stereocenters. The van der Waals surface area contributed by atoms with Gasteiger partial charge in [0.05, 0.1) is 26.7 Å². The fourth-order valence-electron chi connectivity index (χ4n) is 3.15. The summed E-state index contributed by atoms with van der Waals surface area (Å²) in [5.74, 6) is -0.429. The average molecular weight is 477 g/mol. The summed E-state index contributed by atoms with van der Waals surface area (Å²) in [6.45, 7) is 1.55. The van der Waals surface area contributed by atoms with Gasteiger partial charge in [0.25, 0.3) is 10.0 Å². The van der Waals surface area contributed by atoms with Crippen LogP contribution in [-0.4, -0.2) is 20.9 Å². The molecule has 162 valence electrons. The SMILES string of the molecule is CC[C@H](NC(=O)CN(c1ccc(Cl)c(Cl)c1)S(=O)(=O)c1ccccc1)c1ccccc1. The van der Waals surface area contributed by atoms with Gasteiger partial charge in [-0.3, -0.25) is 9.10 Å². The van der Waals surface area contributed by atoms with Crippen molar-refractivity contribution in [3.63, 3.8) is 0 Å². The summed E-state index contributed by atoms with van der Waals surface area (Å²) in [5, 5.41) is 3.42. The van der Waals surface area contributed by atoms with Gasteiger partial charge in [0.1, 0.15) is 6.54 Å². The molecule has 0 saturated carbocycles. The van der Waals surface area contributed by atoms with E-state index in [-0.39, 0.29) is 21.6 Å². The zero-order chi connectivity index (χ0) is 22.4. The number of halogens is 2. The third kappa shape index (κ3) is 5.58. The molecule has 0 bridgehead atoms. The quantitative estimate of drug-likeness (QED) is 0.469. The summed E-state index contributed by atoms with van der Waals surface area (Å²) >= 11 is 12.1. The fraction of sp³-hybridized carbons (Fsp3) is 0.174. The zero-order valence-corrected chi connectivity index (χ0v) is 19.2. The van der Waals surface area contributed by atoms with E-state index in [1.807, 2.05) is 37.3 Å². The summed E-state index contributed by atoms with van der Waals surface area (Å²) in [6, 6.07) is 21.7. The van der Waals surface area contributed by atoms with E-state index < -0.39 is 22.5 Å². The molecular weight excluding hydrogens is 455 g/mol. The van der Waals surface area contributed by atoms with Crippen molar-refractivity contribution < 1.29 is 13.2 Å². The number of rotatable bonds is 8. The lowest BCUT2D eigenvalue weighted by atomic mass is 10.0. The van der Waals surface area contributed by atoms with Crippen molar-refractivity contribution in [1.29, 1.82) is 0 Å². The molecule has 0 aliphatic heterocycles. The summed E-state index contributed by atoms with van der Waals surface area (Å²) in [5.41, 5.74) is 1.20. The van der Waals surface area contributed by atoms with Crippen LogP contribution in [0, 0.1) is 0 Å². The Labute approximate surface area is 192 Å². The topological polar surface area (TPSA) is 66.5 Å². The molecular formula is C23H22Cl2N2O3S. The van der Waals surface area contributed by atoms with Crippen LogP contribution in [0.5, 0.6) is 0 Å². The highest BCUT2D eigenvalue weighted by Gasteiger charge is 2.28. The Morgan fingerprint density at radius 2 is 1.55 bits per heavy atom. The first kappa shape index (κ1) is 23.1. The van der Waals surface area contributed by atoms with Crippen LogP contribution in [0.4, 0.5) is 5.69 Å². The molecule has 1 amide bonds. The molecule has 0 aromatic heterocycles. The standard InChI is InChI=1S/C23H22Cl2N2O3S/c1-2-22(17-9-5-3-6-10-17)26-23(28)16-27(18-13-14-20(24)21(25)15-18)31(29,30)19-11-7-4-8-12-19/h3-15,22H,2,16H2,1H3,(H,26,28)/t22-/m0/s1. The van der Waals surface area contributed by atoms with Gasteiger partial charge in [-0.25, -0.2) is 8.42 Å². The van der Waals surface area contributed by atoms with Crippen LogP contribution in [0.2, 0.25) is 10.0 Å². The number of hydrogen-bond acceptors (Lipinski definition) is 3. The Hall–Kier alpha value is -2.54. The number of benzene rings is 3. The molecule has 0 fully saturated rings. The molecule has 0 aliphatic rings. The zero-order valence-electron chi connectivity index (χ0n) is 16.8. The number of sulfonamides is 1. The van der Waals surface area contributed by atoms with Crippen molar-refractivity contribution in [1.82, 2.24) is 5.32 Å². The number of amides is 1. The minimum atomic E-state index is -4.02. The molecule has 8 heteroatoms. The Morgan fingerprint density at radius 1 is 0.935 bits per heavy atom. The molecule has 3 aromatic carbocycles.